The van der Waals surface area contributed by atoms with E-state index in [1.807, 2.05) is 37.4 Å². The minimum atomic E-state index is -2.36. The summed E-state index contributed by atoms with van der Waals surface area (Å²) in [5.74, 6) is 0.984. The summed E-state index contributed by atoms with van der Waals surface area (Å²) in [4.78, 5) is 14.7. The first kappa shape index (κ1) is 20.6. The smallest absolute Gasteiger partial charge is 0.215 e. The van der Waals surface area contributed by atoms with E-state index in [4.69, 9.17) is 14.5 Å². The topological polar surface area (TPSA) is 92.7 Å². The lowest BCUT2D eigenvalue weighted by Gasteiger charge is -2.35. The van der Waals surface area contributed by atoms with Crippen molar-refractivity contribution >= 4 is 32.3 Å². The number of fused-ring (bicyclic) bond motifs is 1. The summed E-state index contributed by atoms with van der Waals surface area (Å²) >= 11 is 0. The van der Waals surface area contributed by atoms with E-state index in [0.29, 0.717) is 31.5 Å². The average molecular weight is 430 g/mol. The monoisotopic (exact) mass is 429 g/mol. The van der Waals surface area contributed by atoms with Gasteiger partial charge in [-0.1, -0.05) is 0 Å². The number of aromatic nitrogens is 3. The molecule has 1 aliphatic rings. The van der Waals surface area contributed by atoms with Crippen LogP contribution in [-0.4, -0.2) is 64.1 Å². The molecule has 1 saturated heterocycles. The molecular formula is C21H27N5O3S. The zero-order valence-electron chi connectivity index (χ0n) is 17.7. The van der Waals surface area contributed by atoms with E-state index in [1.165, 1.54) is 0 Å². The zero-order valence-corrected chi connectivity index (χ0v) is 18.5. The lowest BCUT2D eigenvalue weighted by molar-refractivity contribution is 0.0989. The predicted molar refractivity (Wildman–Crippen MR) is 120 cm³/mol. The highest BCUT2D eigenvalue weighted by Gasteiger charge is 2.21. The molecule has 0 saturated carbocycles. The van der Waals surface area contributed by atoms with Gasteiger partial charge in [0.15, 0.2) is 5.82 Å². The number of rotatable bonds is 5. The van der Waals surface area contributed by atoms with Crippen LogP contribution in [0.1, 0.15) is 13.8 Å². The van der Waals surface area contributed by atoms with Gasteiger partial charge in [0.05, 0.1) is 25.5 Å². The van der Waals surface area contributed by atoms with Gasteiger partial charge in [-0.25, -0.2) is 9.19 Å². The first-order valence-electron chi connectivity index (χ1n) is 9.99. The number of pyridine rings is 2. The molecule has 0 aromatic carbocycles. The van der Waals surface area contributed by atoms with Crippen LogP contribution >= 0.6 is 0 Å². The van der Waals surface area contributed by atoms with Crippen molar-refractivity contribution in [2.24, 2.45) is 4.36 Å². The van der Waals surface area contributed by atoms with Crippen LogP contribution in [0.4, 0.5) is 11.5 Å². The number of ether oxygens (including phenoxy) is 2. The Morgan fingerprint density at radius 2 is 2.17 bits per heavy atom. The maximum atomic E-state index is 12.4. The first-order valence-corrected chi connectivity index (χ1v) is 12.3. The fourth-order valence-corrected chi connectivity index (χ4v) is 4.18. The summed E-state index contributed by atoms with van der Waals surface area (Å²) in [7, 11) is -2.36. The molecule has 0 spiro atoms. The molecule has 3 aromatic heterocycles. The Labute approximate surface area is 176 Å². The fraction of sp³-hybridized carbons (Fsp3) is 0.429. The van der Waals surface area contributed by atoms with Crippen molar-refractivity contribution in [3.63, 3.8) is 0 Å². The van der Waals surface area contributed by atoms with Crippen LogP contribution in [0.5, 0.6) is 5.88 Å². The highest BCUT2D eigenvalue weighted by molar-refractivity contribution is 7.92. The van der Waals surface area contributed by atoms with Gasteiger partial charge >= 0.3 is 0 Å². The van der Waals surface area contributed by atoms with Crippen molar-refractivity contribution in [2.75, 3.05) is 43.8 Å². The maximum Gasteiger partial charge on any atom is 0.215 e. The van der Waals surface area contributed by atoms with Gasteiger partial charge in [0.1, 0.15) is 5.65 Å². The number of anilines is 1. The lowest BCUT2D eigenvalue weighted by Crippen LogP contribution is -2.43. The average Bonchev–Trinajstić information content (AvgIpc) is 3.15. The molecule has 1 fully saturated rings. The minimum absolute atomic E-state index is 0.221. The van der Waals surface area contributed by atoms with Gasteiger partial charge in [0.2, 0.25) is 5.88 Å². The van der Waals surface area contributed by atoms with E-state index in [-0.39, 0.29) is 6.04 Å². The first-order chi connectivity index (χ1) is 14.3. The van der Waals surface area contributed by atoms with Gasteiger partial charge in [-0.15, -0.1) is 0 Å². The third kappa shape index (κ3) is 4.41. The molecule has 160 valence electrons. The lowest BCUT2D eigenvalue weighted by atomic mass is 10.1. The van der Waals surface area contributed by atoms with Gasteiger partial charge in [-0.2, -0.15) is 9.35 Å². The van der Waals surface area contributed by atoms with Gasteiger partial charge in [0, 0.05) is 69.8 Å². The molecule has 30 heavy (non-hydrogen) atoms. The zero-order chi connectivity index (χ0) is 21.3. The molecule has 1 N–H and O–H groups in total. The molecule has 4 rings (SSSR count). The molecule has 0 amide bonds. The molecule has 0 radical (unpaired) electrons. The van der Waals surface area contributed by atoms with Gasteiger partial charge < -0.3 is 19.4 Å². The van der Waals surface area contributed by atoms with E-state index in [2.05, 4.69) is 26.2 Å². The quantitative estimate of drug-likeness (QED) is 0.666. The number of aromatic amines is 1. The molecule has 3 aromatic rings. The van der Waals surface area contributed by atoms with E-state index >= 15 is 0 Å². The Bertz CT molecular complexity index is 1170. The standard InChI is InChI=1S/C21H27N5O3S/c1-5-29-20-12-17(16-6-7-22-21(16)24-20)18-10-15(26-8-9-28-13-14(26)2)11-19(23-18)25-30(3,4)27/h6-7,10-12,14H,5,8-9,13H2,1-4H3,(H,22,24)/t14-/m0/s1. The second-order valence-electron chi connectivity index (χ2n) is 7.64. The van der Waals surface area contributed by atoms with Crippen molar-refractivity contribution in [2.45, 2.75) is 19.9 Å². The number of hydrogen-bond donors (Lipinski definition) is 1. The second-order valence-corrected chi connectivity index (χ2v) is 10.2. The van der Waals surface area contributed by atoms with E-state index in [1.54, 1.807) is 12.5 Å². The van der Waals surface area contributed by atoms with Crippen molar-refractivity contribution in [3.8, 4) is 17.1 Å². The van der Waals surface area contributed by atoms with Crippen molar-refractivity contribution in [3.05, 3.63) is 30.5 Å². The minimum Gasteiger partial charge on any atom is -0.478 e. The number of H-pyrrole nitrogens is 1. The summed E-state index contributed by atoms with van der Waals surface area (Å²) in [6.45, 7) is 6.67. The summed E-state index contributed by atoms with van der Waals surface area (Å²) in [6.07, 6.45) is 5.08. The second kappa shape index (κ2) is 8.23. The van der Waals surface area contributed by atoms with Crippen LogP contribution in [0.25, 0.3) is 22.3 Å². The molecule has 1 aliphatic heterocycles. The van der Waals surface area contributed by atoms with Crippen LogP contribution in [-0.2, 0) is 14.5 Å². The van der Waals surface area contributed by atoms with Gasteiger partial charge in [0.25, 0.3) is 0 Å². The maximum absolute atomic E-state index is 12.4. The van der Waals surface area contributed by atoms with Crippen LogP contribution in [0.3, 0.4) is 0 Å². The summed E-state index contributed by atoms with van der Waals surface area (Å²) < 4.78 is 28.0. The normalized spacial score (nSPS) is 17.3. The van der Waals surface area contributed by atoms with E-state index < -0.39 is 9.73 Å². The van der Waals surface area contributed by atoms with Gasteiger partial charge in [-0.05, 0) is 26.0 Å². The predicted octanol–water partition coefficient (Wildman–Crippen LogP) is 3.61. The number of nitrogens with one attached hydrogen (secondary N) is 1. The van der Waals surface area contributed by atoms with Crippen LogP contribution < -0.4 is 9.64 Å². The number of nitrogens with zero attached hydrogens (tertiary/aromatic N) is 4. The van der Waals surface area contributed by atoms with E-state index in [0.717, 1.165) is 34.5 Å². The van der Waals surface area contributed by atoms with Crippen molar-refractivity contribution in [1.82, 2.24) is 15.0 Å². The highest BCUT2D eigenvalue weighted by Crippen LogP contribution is 2.34. The van der Waals surface area contributed by atoms with Crippen LogP contribution in [0.2, 0.25) is 0 Å². The summed E-state index contributed by atoms with van der Waals surface area (Å²) in [5, 5.41) is 0.942. The summed E-state index contributed by atoms with van der Waals surface area (Å²) in [5.41, 5.74) is 3.34. The largest absolute Gasteiger partial charge is 0.478 e. The Kier molecular flexibility index (Phi) is 5.66. The van der Waals surface area contributed by atoms with E-state index in [9.17, 15) is 4.21 Å². The molecule has 1 atom stereocenters. The van der Waals surface area contributed by atoms with Crippen LogP contribution in [0, 0.1) is 0 Å². The number of morpholine rings is 1. The van der Waals surface area contributed by atoms with Crippen molar-refractivity contribution in [1.29, 1.82) is 0 Å². The molecule has 0 aliphatic carbocycles. The molecular weight excluding hydrogens is 402 g/mol. The third-order valence-corrected chi connectivity index (χ3v) is 5.51. The molecule has 9 heteroatoms. The fourth-order valence-electron chi connectivity index (χ4n) is 3.64. The summed E-state index contributed by atoms with van der Waals surface area (Å²) in [6, 6.07) is 8.03. The molecule has 8 nitrogen and oxygen atoms in total. The Morgan fingerprint density at radius 1 is 1.33 bits per heavy atom. The molecule has 0 bridgehead atoms. The van der Waals surface area contributed by atoms with Crippen LogP contribution in [0.15, 0.2) is 34.8 Å². The number of hydrogen-bond acceptors (Lipinski definition) is 7. The van der Waals surface area contributed by atoms with Gasteiger partial charge in [-0.3, -0.25) is 0 Å². The molecule has 0 unspecified atom stereocenters. The van der Waals surface area contributed by atoms with Crippen molar-refractivity contribution < 1.29 is 13.7 Å². The highest BCUT2D eigenvalue weighted by atomic mass is 32.2. The third-order valence-electron chi connectivity index (χ3n) is 4.88. The molecule has 4 heterocycles. The SMILES string of the molecule is CCOc1cc(-c2cc(N3CCOC[C@@H]3C)cc(N=S(C)(C)=O)n2)c2cc[nH]c2n1. The Hall–Kier alpha value is -2.65. The Balaban J connectivity index is 1.92. The Morgan fingerprint density at radius 3 is 2.90 bits per heavy atom.